The summed E-state index contributed by atoms with van der Waals surface area (Å²) in [5, 5.41) is 2.89. The van der Waals surface area contributed by atoms with Crippen LogP contribution in [0.4, 0.5) is 11.4 Å². The molecule has 2 aliphatic rings. The molecule has 1 amide bonds. The zero-order valence-electron chi connectivity index (χ0n) is 21.0. The number of amidine groups is 1. The van der Waals surface area contributed by atoms with E-state index >= 15 is 0 Å². The lowest BCUT2D eigenvalue weighted by Gasteiger charge is -2.33. The van der Waals surface area contributed by atoms with Gasteiger partial charge < -0.3 is 15.0 Å². The van der Waals surface area contributed by atoms with Gasteiger partial charge in [-0.15, -0.1) is 4.40 Å². The maximum atomic E-state index is 13.5. The van der Waals surface area contributed by atoms with Crippen molar-refractivity contribution in [1.29, 1.82) is 0 Å². The molecule has 200 valence electrons. The molecule has 3 rings (SSSR count). The van der Waals surface area contributed by atoms with Crippen LogP contribution < -0.4 is 10.0 Å². The fourth-order valence-electron chi connectivity index (χ4n) is 4.52. The Morgan fingerprint density at radius 2 is 2.00 bits per heavy atom. The first-order valence-corrected chi connectivity index (χ1v) is 15.3. The number of nitrogens with zero attached hydrogens (tertiary/aromatic N) is 2. The van der Waals surface area contributed by atoms with Crippen molar-refractivity contribution in [2.24, 2.45) is 16.2 Å². The lowest BCUT2D eigenvalue weighted by atomic mass is 10.00. The van der Waals surface area contributed by atoms with Crippen LogP contribution in [-0.2, 0) is 34.4 Å². The number of benzene rings is 1. The minimum Gasteiger partial charge on any atom is -0.466 e. The smallest absolute Gasteiger partial charge is 0.311 e. The summed E-state index contributed by atoms with van der Waals surface area (Å²) in [6, 6.07) is 3.71. The van der Waals surface area contributed by atoms with E-state index in [4.69, 9.17) is 4.74 Å². The minimum absolute atomic E-state index is 0.0310. The highest BCUT2D eigenvalue weighted by molar-refractivity contribution is 7.92. The first-order valence-electron chi connectivity index (χ1n) is 12.0. The highest BCUT2D eigenvalue weighted by atomic mass is 32.2. The van der Waals surface area contributed by atoms with Gasteiger partial charge in [-0.25, -0.2) is 8.42 Å². The van der Waals surface area contributed by atoms with Crippen LogP contribution in [0.5, 0.6) is 0 Å². The quantitative estimate of drug-likeness (QED) is 0.428. The normalized spacial score (nSPS) is 20.8. The summed E-state index contributed by atoms with van der Waals surface area (Å²) < 4.78 is 59.9. The Bertz CT molecular complexity index is 1240. The molecule has 2 N–H and O–H groups in total. The Labute approximate surface area is 212 Å². The summed E-state index contributed by atoms with van der Waals surface area (Å²) in [6.07, 6.45) is 3.51. The van der Waals surface area contributed by atoms with E-state index in [1.165, 1.54) is 18.2 Å². The average molecular weight is 543 g/mol. The van der Waals surface area contributed by atoms with E-state index in [0.717, 1.165) is 19.1 Å². The van der Waals surface area contributed by atoms with Crippen molar-refractivity contribution in [3.8, 4) is 0 Å². The van der Waals surface area contributed by atoms with Crippen LogP contribution in [0.3, 0.4) is 0 Å². The summed E-state index contributed by atoms with van der Waals surface area (Å²) in [5.74, 6) is -0.749. The van der Waals surface area contributed by atoms with Crippen LogP contribution in [0.2, 0.25) is 0 Å². The van der Waals surface area contributed by atoms with Crippen molar-refractivity contribution >= 4 is 49.1 Å². The van der Waals surface area contributed by atoms with Gasteiger partial charge >= 0.3 is 5.97 Å². The number of fused-ring (bicyclic) bond motifs is 1. The summed E-state index contributed by atoms with van der Waals surface area (Å²) in [5.41, 5.74) is 0.285. The van der Waals surface area contributed by atoms with Crippen molar-refractivity contribution in [2.45, 2.75) is 63.8 Å². The molecule has 1 saturated carbocycles. The lowest BCUT2D eigenvalue weighted by molar-refractivity contribution is -0.151. The second kappa shape index (κ2) is 11.2. The van der Waals surface area contributed by atoms with Crippen LogP contribution in [0.15, 0.2) is 27.5 Å². The van der Waals surface area contributed by atoms with E-state index in [1.807, 2.05) is 13.8 Å². The SMILES string of the molecule is CCOC(=O)C1CCCC1N(CCC(C)C)C(=O)CC1=NS(=O)(=O)c2cc(NS(C)(=O)=O)ccc2N1. The molecule has 1 fully saturated rings. The summed E-state index contributed by atoms with van der Waals surface area (Å²) in [4.78, 5) is 27.5. The number of carbonyl (C=O) groups excluding carboxylic acids is 2. The molecule has 36 heavy (non-hydrogen) atoms. The molecule has 11 nitrogen and oxygen atoms in total. The number of sulfonamides is 2. The van der Waals surface area contributed by atoms with Gasteiger partial charge in [0.1, 0.15) is 10.7 Å². The molecule has 0 bridgehead atoms. The first-order chi connectivity index (χ1) is 16.8. The van der Waals surface area contributed by atoms with Gasteiger partial charge in [0.15, 0.2) is 0 Å². The lowest BCUT2D eigenvalue weighted by Crippen LogP contribution is -2.46. The molecular weight excluding hydrogens is 508 g/mol. The molecule has 1 aromatic carbocycles. The second-order valence-corrected chi connectivity index (χ2v) is 12.8. The third-order valence-corrected chi connectivity index (χ3v) is 8.09. The monoisotopic (exact) mass is 542 g/mol. The predicted octanol–water partition coefficient (Wildman–Crippen LogP) is 2.57. The zero-order valence-corrected chi connectivity index (χ0v) is 22.6. The fourth-order valence-corrected chi connectivity index (χ4v) is 6.25. The van der Waals surface area contributed by atoms with Crippen molar-refractivity contribution in [2.75, 3.05) is 29.4 Å². The van der Waals surface area contributed by atoms with Gasteiger partial charge in [0.2, 0.25) is 15.9 Å². The Morgan fingerprint density at radius 1 is 1.28 bits per heavy atom. The molecule has 2 atom stereocenters. The van der Waals surface area contributed by atoms with Gasteiger partial charge in [0.05, 0.1) is 30.9 Å². The van der Waals surface area contributed by atoms with Gasteiger partial charge in [-0.1, -0.05) is 20.3 Å². The molecule has 2 unspecified atom stereocenters. The van der Waals surface area contributed by atoms with Crippen LogP contribution in [0, 0.1) is 11.8 Å². The number of carbonyl (C=O) groups is 2. The van der Waals surface area contributed by atoms with E-state index in [-0.39, 0.29) is 53.1 Å². The molecule has 1 aliphatic heterocycles. The Balaban J connectivity index is 1.83. The number of esters is 1. The first kappa shape index (κ1) is 27.9. The van der Waals surface area contributed by atoms with Crippen molar-refractivity contribution in [1.82, 2.24) is 4.90 Å². The van der Waals surface area contributed by atoms with E-state index < -0.39 is 26.0 Å². The maximum Gasteiger partial charge on any atom is 0.311 e. The van der Waals surface area contributed by atoms with Gasteiger partial charge in [-0.2, -0.15) is 8.42 Å². The topological polar surface area (TPSA) is 151 Å². The summed E-state index contributed by atoms with van der Waals surface area (Å²) in [7, 11) is -7.77. The molecule has 0 aromatic heterocycles. The Morgan fingerprint density at radius 3 is 2.64 bits per heavy atom. The number of anilines is 2. The number of nitrogens with one attached hydrogen (secondary N) is 2. The van der Waals surface area contributed by atoms with Crippen molar-refractivity contribution < 1.29 is 31.2 Å². The molecule has 0 spiro atoms. The molecule has 0 radical (unpaired) electrons. The zero-order chi connectivity index (χ0) is 26.7. The van der Waals surface area contributed by atoms with Crippen molar-refractivity contribution in [3.63, 3.8) is 0 Å². The third-order valence-electron chi connectivity index (χ3n) is 6.13. The Kier molecular flexibility index (Phi) is 8.65. The molecular formula is C23H34N4O7S2. The maximum absolute atomic E-state index is 13.5. The standard InChI is InChI=1S/C23H34N4O7S2/c1-5-34-23(29)17-7-6-8-19(17)27(12-11-15(2)3)22(28)14-21-24-18-10-9-16(25-35(4,30)31)13-20(18)36(32,33)26-21/h9-10,13,15,17,19,25H,5-8,11-12,14H2,1-4H3,(H,24,26). The third kappa shape index (κ3) is 6.96. The number of amides is 1. The van der Waals surface area contributed by atoms with E-state index in [0.29, 0.717) is 25.3 Å². The van der Waals surface area contributed by atoms with Gasteiger partial charge in [0.25, 0.3) is 10.0 Å². The summed E-state index contributed by atoms with van der Waals surface area (Å²) in [6.45, 7) is 6.54. The fraction of sp³-hybridized carbons (Fsp3) is 0.609. The average Bonchev–Trinajstić information content (AvgIpc) is 3.22. The second-order valence-electron chi connectivity index (χ2n) is 9.53. The number of hydrogen-bond acceptors (Lipinski definition) is 8. The van der Waals surface area contributed by atoms with Crippen LogP contribution in [-0.4, -0.2) is 64.9 Å². The largest absolute Gasteiger partial charge is 0.466 e. The van der Waals surface area contributed by atoms with E-state index in [1.54, 1.807) is 11.8 Å². The van der Waals surface area contributed by atoms with E-state index in [9.17, 15) is 26.4 Å². The number of ether oxygens (including phenoxy) is 1. The molecule has 0 saturated heterocycles. The van der Waals surface area contributed by atoms with E-state index in [2.05, 4.69) is 14.4 Å². The van der Waals surface area contributed by atoms with Gasteiger partial charge in [0, 0.05) is 18.3 Å². The van der Waals surface area contributed by atoms with Crippen LogP contribution >= 0.6 is 0 Å². The molecule has 1 aliphatic carbocycles. The van der Waals surface area contributed by atoms with Crippen LogP contribution in [0.1, 0.15) is 52.9 Å². The van der Waals surface area contributed by atoms with Crippen LogP contribution in [0.25, 0.3) is 0 Å². The highest BCUT2D eigenvalue weighted by Gasteiger charge is 2.40. The molecule has 1 aromatic rings. The predicted molar refractivity (Wildman–Crippen MR) is 137 cm³/mol. The van der Waals surface area contributed by atoms with Gasteiger partial charge in [-0.3, -0.25) is 14.3 Å². The molecule has 13 heteroatoms. The number of rotatable bonds is 10. The summed E-state index contributed by atoms with van der Waals surface area (Å²) >= 11 is 0. The Hall–Kier alpha value is -2.67. The number of hydrogen-bond donors (Lipinski definition) is 2. The van der Waals surface area contributed by atoms with Crippen molar-refractivity contribution in [3.05, 3.63) is 18.2 Å². The molecule has 1 heterocycles. The minimum atomic E-state index is -4.17. The highest BCUT2D eigenvalue weighted by Crippen LogP contribution is 2.33. The van der Waals surface area contributed by atoms with Gasteiger partial charge in [-0.05, 0) is 50.3 Å².